The van der Waals surface area contributed by atoms with Gasteiger partial charge in [0.25, 0.3) is 0 Å². The number of nitrogens with two attached hydrogens (primary N) is 1. The molecule has 0 aliphatic carbocycles. The van der Waals surface area contributed by atoms with Crippen LogP contribution in [0.5, 0.6) is 5.75 Å². The molecule has 2 aromatic rings. The molecule has 3 nitrogen and oxygen atoms in total. The third kappa shape index (κ3) is 4.11. The number of hydrogen-bond acceptors (Lipinski definition) is 3. The van der Waals surface area contributed by atoms with Crippen LogP contribution in [0.3, 0.4) is 0 Å². The smallest absolute Gasteiger partial charge is 0.119 e. The summed E-state index contributed by atoms with van der Waals surface area (Å²) in [5, 5.41) is 1.29. The van der Waals surface area contributed by atoms with Crippen LogP contribution in [0.25, 0.3) is 0 Å². The van der Waals surface area contributed by atoms with Gasteiger partial charge in [0.1, 0.15) is 5.75 Å². The molecule has 0 fully saturated rings. The van der Waals surface area contributed by atoms with Crippen molar-refractivity contribution in [2.24, 2.45) is 5.84 Å². The van der Waals surface area contributed by atoms with Crippen LogP contribution in [0.1, 0.15) is 24.1 Å². The van der Waals surface area contributed by atoms with Gasteiger partial charge in [0.2, 0.25) is 0 Å². The van der Waals surface area contributed by atoms with Gasteiger partial charge in [-0.3, -0.25) is 11.3 Å². The molecule has 112 valence electrons. The van der Waals surface area contributed by atoms with Crippen molar-refractivity contribution in [2.45, 2.75) is 19.4 Å². The first kappa shape index (κ1) is 16.1. The van der Waals surface area contributed by atoms with E-state index in [9.17, 15) is 0 Å². The van der Waals surface area contributed by atoms with Gasteiger partial charge in [0.05, 0.1) is 12.6 Å². The van der Waals surface area contributed by atoms with Crippen LogP contribution in [0, 0.1) is 0 Å². The summed E-state index contributed by atoms with van der Waals surface area (Å²) in [7, 11) is 0. The molecule has 0 aromatic heterocycles. The lowest BCUT2D eigenvalue weighted by Crippen LogP contribution is -2.29. The first-order valence-electron chi connectivity index (χ1n) is 6.77. The van der Waals surface area contributed by atoms with Gasteiger partial charge in [0.15, 0.2) is 0 Å². The summed E-state index contributed by atoms with van der Waals surface area (Å²) in [6.07, 6.45) is 0.614. The minimum atomic E-state index is -0.0712. The van der Waals surface area contributed by atoms with Crippen molar-refractivity contribution >= 4 is 23.2 Å². The lowest BCUT2D eigenvalue weighted by Gasteiger charge is -2.18. The molecule has 0 spiro atoms. The van der Waals surface area contributed by atoms with Crippen LogP contribution in [0.4, 0.5) is 0 Å². The van der Waals surface area contributed by atoms with E-state index in [1.54, 1.807) is 0 Å². The van der Waals surface area contributed by atoms with Crippen molar-refractivity contribution in [1.82, 2.24) is 5.43 Å². The predicted molar refractivity (Wildman–Crippen MR) is 87.8 cm³/mol. The maximum absolute atomic E-state index is 6.21. The van der Waals surface area contributed by atoms with Crippen LogP contribution in [0.2, 0.25) is 10.0 Å². The molecule has 3 N–H and O–H groups in total. The van der Waals surface area contributed by atoms with Crippen LogP contribution in [-0.4, -0.2) is 6.61 Å². The number of hydrogen-bond donors (Lipinski definition) is 2. The first-order valence-corrected chi connectivity index (χ1v) is 7.53. The quantitative estimate of drug-likeness (QED) is 0.620. The van der Waals surface area contributed by atoms with E-state index in [-0.39, 0.29) is 6.04 Å². The number of rotatable bonds is 6. The average molecular weight is 325 g/mol. The Kier molecular flexibility index (Phi) is 5.88. The van der Waals surface area contributed by atoms with Crippen LogP contribution in [0.15, 0.2) is 42.5 Å². The second-order valence-electron chi connectivity index (χ2n) is 4.63. The van der Waals surface area contributed by atoms with Crippen molar-refractivity contribution in [3.8, 4) is 5.75 Å². The summed E-state index contributed by atoms with van der Waals surface area (Å²) in [4.78, 5) is 0. The molecule has 0 saturated carbocycles. The van der Waals surface area contributed by atoms with Gasteiger partial charge in [-0.2, -0.15) is 0 Å². The van der Waals surface area contributed by atoms with E-state index in [4.69, 9.17) is 33.8 Å². The van der Waals surface area contributed by atoms with Gasteiger partial charge >= 0.3 is 0 Å². The second-order valence-corrected chi connectivity index (χ2v) is 5.44. The molecule has 21 heavy (non-hydrogen) atoms. The number of halogens is 2. The molecule has 1 unspecified atom stereocenters. The van der Waals surface area contributed by atoms with Crippen molar-refractivity contribution in [1.29, 1.82) is 0 Å². The molecule has 0 radical (unpaired) electrons. The van der Waals surface area contributed by atoms with Crippen LogP contribution >= 0.6 is 23.2 Å². The fourth-order valence-electron chi connectivity index (χ4n) is 2.17. The highest BCUT2D eigenvalue weighted by Gasteiger charge is 2.15. The van der Waals surface area contributed by atoms with E-state index >= 15 is 0 Å². The highest BCUT2D eigenvalue weighted by Crippen LogP contribution is 2.29. The van der Waals surface area contributed by atoms with Crippen molar-refractivity contribution in [3.63, 3.8) is 0 Å². The lowest BCUT2D eigenvalue weighted by atomic mass is 9.99. The second kappa shape index (κ2) is 7.66. The van der Waals surface area contributed by atoms with E-state index in [1.165, 1.54) is 0 Å². The Morgan fingerprint density at radius 2 is 1.71 bits per heavy atom. The van der Waals surface area contributed by atoms with Crippen molar-refractivity contribution < 1.29 is 4.74 Å². The Morgan fingerprint density at radius 1 is 1.10 bits per heavy atom. The van der Waals surface area contributed by atoms with Gasteiger partial charge in [-0.05, 0) is 48.7 Å². The van der Waals surface area contributed by atoms with E-state index in [0.29, 0.717) is 23.1 Å². The largest absolute Gasteiger partial charge is 0.494 e. The van der Waals surface area contributed by atoms with E-state index in [1.807, 2.05) is 49.4 Å². The fraction of sp³-hybridized carbons (Fsp3) is 0.250. The Labute approximate surface area is 135 Å². The molecule has 0 amide bonds. The summed E-state index contributed by atoms with van der Waals surface area (Å²) < 4.78 is 5.44. The third-order valence-electron chi connectivity index (χ3n) is 3.26. The minimum absolute atomic E-state index is 0.0712. The molecule has 0 aliphatic rings. The number of hydrazine groups is 1. The molecular formula is C16H18Cl2N2O. The lowest BCUT2D eigenvalue weighted by molar-refractivity contribution is 0.340. The van der Waals surface area contributed by atoms with Crippen molar-refractivity contribution in [3.05, 3.63) is 63.6 Å². The van der Waals surface area contributed by atoms with Gasteiger partial charge in [0, 0.05) is 10.0 Å². The summed E-state index contributed by atoms with van der Waals surface area (Å²) in [6.45, 7) is 2.60. The molecule has 0 bridgehead atoms. The van der Waals surface area contributed by atoms with E-state index < -0.39 is 0 Å². The summed E-state index contributed by atoms with van der Waals surface area (Å²) in [5.74, 6) is 6.52. The normalized spacial score (nSPS) is 12.2. The molecule has 1 atom stereocenters. The minimum Gasteiger partial charge on any atom is -0.494 e. The maximum Gasteiger partial charge on any atom is 0.119 e. The zero-order valence-electron chi connectivity index (χ0n) is 11.8. The Morgan fingerprint density at radius 3 is 2.24 bits per heavy atom. The Balaban J connectivity index is 2.19. The number of nitrogens with one attached hydrogen (secondary N) is 1. The predicted octanol–water partition coefficient (Wildman–Crippen LogP) is 4.14. The van der Waals surface area contributed by atoms with Crippen LogP contribution in [-0.2, 0) is 6.42 Å². The van der Waals surface area contributed by atoms with Crippen LogP contribution < -0.4 is 16.0 Å². The van der Waals surface area contributed by atoms with E-state index in [2.05, 4.69) is 5.43 Å². The molecule has 2 aromatic carbocycles. The third-order valence-corrected chi connectivity index (χ3v) is 3.97. The van der Waals surface area contributed by atoms with Gasteiger partial charge in [-0.15, -0.1) is 0 Å². The molecular weight excluding hydrogens is 307 g/mol. The topological polar surface area (TPSA) is 47.3 Å². The molecule has 5 heteroatoms. The number of benzene rings is 2. The average Bonchev–Trinajstić information content (AvgIpc) is 2.49. The summed E-state index contributed by atoms with van der Waals surface area (Å²) >= 11 is 12.4. The Bertz CT molecular complexity index is 567. The SMILES string of the molecule is CCOc1ccc(C(Cc2c(Cl)cccc2Cl)NN)cc1. The monoisotopic (exact) mass is 324 g/mol. The Hall–Kier alpha value is -1.26. The molecule has 0 aliphatic heterocycles. The molecule has 2 rings (SSSR count). The highest BCUT2D eigenvalue weighted by molar-refractivity contribution is 6.36. The number of ether oxygens (including phenoxy) is 1. The zero-order valence-corrected chi connectivity index (χ0v) is 13.3. The standard InChI is InChI=1S/C16H18Cl2N2O/c1-2-21-12-8-6-11(7-9-12)16(20-19)10-13-14(17)4-3-5-15(13)18/h3-9,16,20H,2,10,19H2,1H3. The van der Waals surface area contributed by atoms with Gasteiger partial charge in [-0.25, -0.2) is 0 Å². The van der Waals surface area contributed by atoms with E-state index in [0.717, 1.165) is 16.9 Å². The van der Waals surface area contributed by atoms with Gasteiger partial charge < -0.3 is 4.74 Å². The summed E-state index contributed by atoms with van der Waals surface area (Å²) in [5.41, 5.74) is 4.75. The maximum atomic E-state index is 6.21. The molecule has 0 heterocycles. The summed E-state index contributed by atoms with van der Waals surface area (Å²) in [6, 6.07) is 13.2. The van der Waals surface area contributed by atoms with Gasteiger partial charge in [-0.1, -0.05) is 41.4 Å². The molecule has 0 saturated heterocycles. The first-order chi connectivity index (χ1) is 10.2. The fourth-order valence-corrected chi connectivity index (χ4v) is 2.72. The van der Waals surface area contributed by atoms with Crippen molar-refractivity contribution in [2.75, 3.05) is 6.61 Å². The zero-order chi connectivity index (χ0) is 15.2. The highest BCUT2D eigenvalue weighted by atomic mass is 35.5.